The number of benzene rings is 1. The molecule has 0 aliphatic carbocycles. The molecule has 1 heterocycles. The van der Waals surface area contributed by atoms with Crippen molar-refractivity contribution in [1.29, 1.82) is 0 Å². The summed E-state index contributed by atoms with van der Waals surface area (Å²) in [5, 5.41) is 19.6. The molecule has 5 heteroatoms. The normalized spacial score (nSPS) is 29.3. The molecule has 16 heavy (non-hydrogen) atoms. The Morgan fingerprint density at radius 2 is 1.94 bits per heavy atom. The standard InChI is InChI=1S/C11H10O5/c1-6-4-2-3-5-7(6)11(15)8(12)9(13)16-10(11)14/h2-5,8,12,15H,1H3. The smallest absolute Gasteiger partial charge is 0.354 e. The van der Waals surface area contributed by atoms with Gasteiger partial charge in [-0.05, 0) is 12.5 Å². The average molecular weight is 222 g/mol. The molecular formula is C11H10O5. The Kier molecular flexibility index (Phi) is 2.29. The maximum atomic E-state index is 11.4. The minimum absolute atomic E-state index is 0.179. The minimum atomic E-state index is -2.29. The van der Waals surface area contributed by atoms with E-state index in [2.05, 4.69) is 4.74 Å². The Hall–Kier alpha value is -1.72. The van der Waals surface area contributed by atoms with Crippen molar-refractivity contribution in [3.8, 4) is 0 Å². The number of aliphatic hydroxyl groups is 2. The Bertz CT molecular complexity index is 467. The van der Waals surface area contributed by atoms with Crippen molar-refractivity contribution in [1.82, 2.24) is 0 Å². The van der Waals surface area contributed by atoms with E-state index in [4.69, 9.17) is 0 Å². The van der Waals surface area contributed by atoms with E-state index in [9.17, 15) is 19.8 Å². The number of hydrogen-bond acceptors (Lipinski definition) is 5. The second-order valence-electron chi connectivity index (χ2n) is 3.69. The highest BCUT2D eigenvalue weighted by Crippen LogP contribution is 2.34. The first-order valence-corrected chi connectivity index (χ1v) is 4.70. The van der Waals surface area contributed by atoms with Crippen LogP contribution in [-0.2, 0) is 19.9 Å². The molecule has 0 saturated carbocycles. The van der Waals surface area contributed by atoms with E-state index in [0.29, 0.717) is 5.56 Å². The van der Waals surface area contributed by atoms with Crippen LogP contribution in [0.1, 0.15) is 11.1 Å². The van der Waals surface area contributed by atoms with Gasteiger partial charge in [-0.25, -0.2) is 9.59 Å². The molecular weight excluding hydrogens is 212 g/mol. The number of rotatable bonds is 1. The average Bonchev–Trinajstić information content (AvgIpc) is 2.44. The van der Waals surface area contributed by atoms with Crippen LogP contribution in [0.25, 0.3) is 0 Å². The first-order valence-electron chi connectivity index (χ1n) is 4.70. The number of carbonyl (C=O) groups is 2. The first kappa shape index (κ1) is 10.8. The lowest BCUT2D eigenvalue weighted by atomic mass is 9.87. The molecule has 1 aliphatic rings. The van der Waals surface area contributed by atoms with Crippen LogP contribution in [0.5, 0.6) is 0 Å². The summed E-state index contributed by atoms with van der Waals surface area (Å²) in [6.45, 7) is 1.66. The summed E-state index contributed by atoms with van der Waals surface area (Å²) >= 11 is 0. The monoisotopic (exact) mass is 222 g/mol. The number of cyclic esters (lactones) is 2. The van der Waals surface area contributed by atoms with Gasteiger partial charge in [0.25, 0.3) is 0 Å². The molecule has 1 aromatic rings. The minimum Gasteiger partial charge on any atom is -0.389 e. The Morgan fingerprint density at radius 3 is 2.44 bits per heavy atom. The van der Waals surface area contributed by atoms with Crippen LogP contribution in [-0.4, -0.2) is 28.3 Å². The van der Waals surface area contributed by atoms with Gasteiger partial charge in [-0.3, -0.25) is 0 Å². The summed E-state index contributed by atoms with van der Waals surface area (Å²) in [6.07, 6.45) is -1.87. The van der Waals surface area contributed by atoms with E-state index in [1.54, 1.807) is 25.1 Å². The van der Waals surface area contributed by atoms with Crippen LogP contribution in [0.4, 0.5) is 0 Å². The van der Waals surface area contributed by atoms with Crippen LogP contribution in [0.2, 0.25) is 0 Å². The van der Waals surface area contributed by atoms with E-state index in [0.717, 1.165) is 0 Å². The van der Waals surface area contributed by atoms with Gasteiger partial charge in [0, 0.05) is 5.56 Å². The summed E-state index contributed by atoms with van der Waals surface area (Å²) in [6, 6.07) is 6.45. The number of carbonyl (C=O) groups excluding carboxylic acids is 2. The van der Waals surface area contributed by atoms with Crippen LogP contribution < -0.4 is 0 Å². The first-order chi connectivity index (χ1) is 7.48. The molecule has 0 spiro atoms. The molecule has 1 aliphatic heterocycles. The molecule has 2 rings (SSSR count). The van der Waals surface area contributed by atoms with Gasteiger partial charge < -0.3 is 14.9 Å². The molecule has 1 saturated heterocycles. The van der Waals surface area contributed by atoms with E-state index in [1.165, 1.54) is 6.07 Å². The molecule has 1 fully saturated rings. The van der Waals surface area contributed by atoms with Gasteiger partial charge >= 0.3 is 11.9 Å². The van der Waals surface area contributed by atoms with Crippen molar-refractivity contribution in [3.05, 3.63) is 35.4 Å². The lowest BCUT2D eigenvalue weighted by Crippen LogP contribution is -2.43. The van der Waals surface area contributed by atoms with Gasteiger partial charge in [0.2, 0.25) is 5.60 Å². The quantitative estimate of drug-likeness (QED) is 0.500. The van der Waals surface area contributed by atoms with Crippen molar-refractivity contribution in [3.63, 3.8) is 0 Å². The molecule has 84 valence electrons. The molecule has 2 unspecified atom stereocenters. The number of aryl methyl sites for hydroxylation is 1. The lowest BCUT2D eigenvalue weighted by Gasteiger charge is -2.22. The molecule has 1 aromatic carbocycles. The second-order valence-corrected chi connectivity index (χ2v) is 3.69. The number of hydrogen-bond donors (Lipinski definition) is 2. The zero-order chi connectivity index (χ0) is 11.9. The number of esters is 2. The third-order valence-corrected chi connectivity index (χ3v) is 2.68. The largest absolute Gasteiger partial charge is 0.389 e. The number of ether oxygens (including phenoxy) is 1. The Labute approximate surface area is 91.3 Å². The fourth-order valence-electron chi connectivity index (χ4n) is 1.76. The predicted octanol–water partition coefficient (Wildman–Crippen LogP) is -0.373. The van der Waals surface area contributed by atoms with Crippen LogP contribution in [0, 0.1) is 6.92 Å². The highest BCUT2D eigenvalue weighted by Gasteiger charge is 2.58. The molecule has 2 atom stereocenters. The molecule has 0 bridgehead atoms. The highest BCUT2D eigenvalue weighted by molar-refractivity contribution is 6.03. The zero-order valence-corrected chi connectivity index (χ0v) is 8.51. The van der Waals surface area contributed by atoms with Gasteiger partial charge in [-0.2, -0.15) is 0 Å². The van der Waals surface area contributed by atoms with Crippen LogP contribution in [0.3, 0.4) is 0 Å². The fraction of sp³-hybridized carbons (Fsp3) is 0.273. The fourth-order valence-corrected chi connectivity index (χ4v) is 1.76. The van der Waals surface area contributed by atoms with Gasteiger partial charge in [-0.1, -0.05) is 24.3 Å². The van der Waals surface area contributed by atoms with Crippen LogP contribution in [0.15, 0.2) is 24.3 Å². The maximum Gasteiger partial charge on any atom is 0.354 e. The third kappa shape index (κ3) is 1.26. The van der Waals surface area contributed by atoms with E-state index >= 15 is 0 Å². The van der Waals surface area contributed by atoms with Gasteiger partial charge in [0.1, 0.15) is 0 Å². The number of aliphatic hydroxyl groups excluding tert-OH is 1. The topological polar surface area (TPSA) is 83.8 Å². The Balaban J connectivity index is 2.58. The molecule has 0 aromatic heterocycles. The third-order valence-electron chi connectivity index (χ3n) is 2.68. The summed E-state index contributed by atoms with van der Waals surface area (Å²) in [4.78, 5) is 22.4. The van der Waals surface area contributed by atoms with Gasteiger partial charge in [0.05, 0.1) is 0 Å². The van der Waals surface area contributed by atoms with Gasteiger partial charge in [-0.15, -0.1) is 0 Å². The van der Waals surface area contributed by atoms with Crippen LogP contribution >= 0.6 is 0 Å². The van der Waals surface area contributed by atoms with Gasteiger partial charge in [0.15, 0.2) is 6.10 Å². The van der Waals surface area contributed by atoms with Crippen molar-refractivity contribution in [2.24, 2.45) is 0 Å². The summed E-state index contributed by atoms with van der Waals surface area (Å²) < 4.78 is 4.22. The second kappa shape index (κ2) is 3.40. The summed E-state index contributed by atoms with van der Waals surface area (Å²) in [5.74, 6) is -2.27. The van der Waals surface area contributed by atoms with Crippen molar-refractivity contribution < 1.29 is 24.5 Å². The van der Waals surface area contributed by atoms with Crippen molar-refractivity contribution in [2.45, 2.75) is 18.6 Å². The predicted molar refractivity (Wildman–Crippen MR) is 52.2 cm³/mol. The summed E-state index contributed by atoms with van der Waals surface area (Å²) in [5.41, 5.74) is -1.52. The molecule has 5 nitrogen and oxygen atoms in total. The van der Waals surface area contributed by atoms with Crippen molar-refractivity contribution in [2.75, 3.05) is 0 Å². The maximum absolute atomic E-state index is 11.4. The molecule has 2 N–H and O–H groups in total. The lowest BCUT2D eigenvalue weighted by molar-refractivity contribution is -0.159. The zero-order valence-electron chi connectivity index (χ0n) is 8.51. The van der Waals surface area contributed by atoms with Crippen molar-refractivity contribution >= 4 is 11.9 Å². The highest BCUT2D eigenvalue weighted by atomic mass is 16.6. The van der Waals surface area contributed by atoms with E-state index < -0.39 is 23.6 Å². The van der Waals surface area contributed by atoms with E-state index in [-0.39, 0.29) is 5.56 Å². The molecule has 0 radical (unpaired) electrons. The molecule has 0 amide bonds. The Morgan fingerprint density at radius 1 is 1.31 bits per heavy atom. The SMILES string of the molecule is Cc1ccccc1C1(O)C(=O)OC(=O)C1O. The summed E-state index contributed by atoms with van der Waals surface area (Å²) in [7, 11) is 0. The van der Waals surface area contributed by atoms with E-state index in [1.807, 2.05) is 0 Å².